The minimum Gasteiger partial charge on any atom is -0.370 e. The molecule has 0 unspecified atom stereocenters. The number of rotatable bonds is 9. The molecule has 0 spiro atoms. The van der Waals surface area contributed by atoms with Gasteiger partial charge in [-0.05, 0) is 45.9 Å². The number of amides is 1. The normalized spacial score (nSPS) is 11.7. The lowest BCUT2D eigenvalue weighted by Gasteiger charge is -2.26. The highest BCUT2D eigenvalue weighted by atomic mass is 32.2. The number of hydrogen-bond donors (Lipinski definition) is 1. The molecule has 0 aliphatic heterocycles. The molecule has 0 bridgehead atoms. The first-order valence-electron chi connectivity index (χ1n) is 9.84. The van der Waals surface area contributed by atoms with E-state index in [9.17, 15) is 13.2 Å². The molecule has 160 valence electrons. The number of anilines is 2. The van der Waals surface area contributed by atoms with Gasteiger partial charge in [0.05, 0.1) is 22.0 Å². The summed E-state index contributed by atoms with van der Waals surface area (Å²) < 4.78 is 32.4. The van der Waals surface area contributed by atoms with E-state index in [1.165, 1.54) is 10.4 Å². The molecule has 8 nitrogen and oxygen atoms in total. The van der Waals surface area contributed by atoms with Gasteiger partial charge in [-0.3, -0.25) is 4.79 Å². The van der Waals surface area contributed by atoms with Crippen LogP contribution in [-0.4, -0.2) is 50.0 Å². The van der Waals surface area contributed by atoms with Gasteiger partial charge in [-0.15, -0.1) is 0 Å². The van der Waals surface area contributed by atoms with Gasteiger partial charge in [0, 0.05) is 26.2 Å². The van der Waals surface area contributed by atoms with Crippen molar-refractivity contribution >= 4 is 27.3 Å². The van der Waals surface area contributed by atoms with E-state index < -0.39 is 10.0 Å². The topological polar surface area (TPSA) is 95.8 Å². The van der Waals surface area contributed by atoms with Crippen molar-refractivity contribution in [1.29, 1.82) is 0 Å². The summed E-state index contributed by atoms with van der Waals surface area (Å²) >= 11 is 0. The fourth-order valence-corrected chi connectivity index (χ4v) is 4.81. The van der Waals surface area contributed by atoms with Crippen LogP contribution in [-0.2, 0) is 10.0 Å². The largest absolute Gasteiger partial charge is 0.370 e. The summed E-state index contributed by atoms with van der Waals surface area (Å²) in [7, 11) is -3.65. The zero-order valence-electron chi connectivity index (χ0n) is 17.9. The zero-order chi connectivity index (χ0) is 21.8. The molecule has 1 heterocycles. The van der Waals surface area contributed by atoms with Crippen LogP contribution in [0.5, 0.6) is 0 Å². The van der Waals surface area contributed by atoms with Gasteiger partial charge in [0.25, 0.3) is 5.91 Å². The third-order valence-electron chi connectivity index (χ3n) is 4.92. The van der Waals surface area contributed by atoms with Crippen molar-refractivity contribution in [1.82, 2.24) is 9.46 Å². The molecule has 0 atom stereocenters. The van der Waals surface area contributed by atoms with Gasteiger partial charge in [-0.1, -0.05) is 19.0 Å². The van der Waals surface area contributed by atoms with Gasteiger partial charge in [0.15, 0.2) is 0 Å². The number of hydrogen-bond acceptors (Lipinski definition) is 6. The third-order valence-corrected chi connectivity index (χ3v) is 6.97. The second kappa shape index (κ2) is 9.41. The van der Waals surface area contributed by atoms with E-state index in [-0.39, 0.29) is 10.8 Å². The number of aryl methyl sites for hydroxylation is 2. The molecule has 1 aromatic heterocycles. The highest BCUT2D eigenvalue weighted by Gasteiger charge is 2.25. The monoisotopic (exact) mass is 422 g/mol. The Balaban J connectivity index is 2.55. The van der Waals surface area contributed by atoms with Crippen LogP contribution in [0.4, 0.5) is 11.4 Å². The van der Waals surface area contributed by atoms with Crippen LogP contribution in [0.3, 0.4) is 0 Å². The first-order chi connectivity index (χ1) is 13.7. The number of carbonyl (C=O) groups excluding carboxylic acids is 1. The van der Waals surface area contributed by atoms with Gasteiger partial charge < -0.3 is 14.7 Å². The molecule has 0 fully saturated rings. The van der Waals surface area contributed by atoms with Crippen molar-refractivity contribution in [2.75, 3.05) is 36.4 Å². The molecule has 0 aliphatic rings. The predicted octanol–water partition coefficient (Wildman–Crippen LogP) is 3.42. The van der Waals surface area contributed by atoms with Crippen LogP contribution in [0.1, 0.15) is 49.5 Å². The average molecular weight is 423 g/mol. The molecule has 0 saturated carbocycles. The number of nitrogens with one attached hydrogen (secondary N) is 1. The van der Waals surface area contributed by atoms with Crippen molar-refractivity contribution in [3.8, 4) is 0 Å². The SMILES string of the molecule is CCN(CC)c1ccc(S(=O)(=O)N(CC)CC)cc1NC(=O)c1c(C)noc1C. The average Bonchev–Trinajstić information content (AvgIpc) is 3.02. The number of nitrogens with zero attached hydrogens (tertiary/aromatic N) is 3. The minimum atomic E-state index is -3.65. The fourth-order valence-electron chi connectivity index (χ4n) is 3.32. The summed E-state index contributed by atoms with van der Waals surface area (Å²) in [5.74, 6) is 0.0309. The van der Waals surface area contributed by atoms with Crippen LogP contribution >= 0.6 is 0 Å². The van der Waals surface area contributed by atoms with Crippen LogP contribution in [0.2, 0.25) is 0 Å². The molecule has 1 aromatic carbocycles. The summed E-state index contributed by atoms with van der Waals surface area (Å²) in [6, 6.07) is 4.86. The van der Waals surface area contributed by atoms with E-state index in [1.807, 2.05) is 13.8 Å². The first kappa shape index (κ1) is 22.9. The van der Waals surface area contributed by atoms with E-state index in [0.29, 0.717) is 48.9 Å². The summed E-state index contributed by atoms with van der Waals surface area (Å²) in [5.41, 5.74) is 2.03. The maximum Gasteiger partial charge on any atom is 0.261 e. The van der Waals surface area contributed by atoms with E-state index in [2.05, 4.69) is 15.4 Å². The Morgan fingerprint density at radius 3 is 2.17 bits per heavy atom. The highest BCUT2D eigenvalue weighted by Crippen LogP contribution is 2.31. The fraction of sp³-hybridized carbons (Fsp3) is 0.500. The Labute approximate surface area is 172 Å². The van der Waals surface area contributed by atoms with Crippen molar-refractivity contribution in [3.63, 3.8) is 0 Å². The summed E-state index contributed by atoms with van der Waals surface area (Å²) in [6.45, 7) is 13.1. The zero-order valence-corrected chi connectivity index (χ0v) is 18.8. The van der Waals surface area contributed by atoms with Crippen LogP contribution in [0.25, 0.3) is 0 Å². The quantitative estimate of drug-likeness (QED) is 0.665. The van der Waals surface area contributed by atoms with Gasteiger partial charge in [0.2, 0.25) is 10.0 Å². The van der Waals surface area contributed by atoms with Gasteiger partial charge in [-0.25, -0.2) is 8.42 Å². The summed E-state index contributed by atoms with van der Waals surface area (Å²) in [6.07, 6.45) is 0. The Morgan fingerprint density at radius 1 is 1.07 bits per heavy atom. The molecule has 2 aromatic rings. The predicted molar refractivity (Wildman–Crippen MR) is 114 cm³/mol. The summed E-state index contributed by atoms with van der Waals surface area (Å²) in [5, 5.41) is 6.69. The Kier molecular flexibility index (Phi) is 7.43. The number of aromatic nitrogens is 1. The van der Waals surface area contributed by atoms with Crippen molar-refractivity contribution in [3.05, 3.63) is 35.2 Å². The Hall–Kier alpha value is -2.39. The lowest BCUT2D eigenvalue weighted by Crippen LogP contribution is -2.31. The molecule has 0 saturated heterocycles. The number of carbonyl (C=O) groups is 1. The van der Waals surface area contributed by atoms with Crippen molar-refractivity contribution < 1.29 is 17.7 Å². The molecular formula is C20H30N4O4S. The van der Waals surface area contributed by atoms with Crippen molar-refractivity contribution in [2.45, 2.75) is 46.4 Å². The number of sulfonamides is 1. The van der Waals surface area contributed by atoms with E-state index in [1.54, 1.807) is 39.8 Å². The van der Waals surface area contributed by atoms with E-state index in [0.717, 1.165) is 5.69 Å². The second-order valence-electron chi connectivity index (χ2n) is 6.59. The minimum absolute atomic E-state index is 0.145. The second-order valence-corrected chi connectivity index (χ2v) is 8.53. The van der Waals surface area contributed by atoms with E-state index >= 15 is 0 Å². The molecule has 1 N–H and O–H groups in total. The van der Waals surface area contributed by atoms with Crippen molar-refractivity contribution in [2.24, 2.45) is 0 Å². The van der Waals surface area contributed by atoms with Crippen LogP contribution < -0.4 is 10.2 Å². The molecule has 9 heteroatoms. The molecule has 2 rings (SSSR count). The van der Waals surface area contributed by atoms with Gasteiger partial charge in [0.1, 0.15) is 11.3 Å². The molecule has 1 amide bonds. The van der Waals surface area contributed by atoms with Crippen LogP contribution in [0.15, 0.2) is 27.6 Å². The van der Waals surface area contributed by atoms with E-state index in [4.69, 9.17) is 4.52 Å². The number of benzene rings is 1. The molecule has 0 radical (unpaired) electrons. The maximum absolute atomic E-state index is 13.0. The molecule has 0 aliphatic carbocycles. The van der Waals surface area contributed by atoms with Gasteiger partial charge in [-0.2, -0.15) is 4.31 Å². The lowest BCUT2D eigenvalue weighted by atomic mass is 10.1. The lowest BCUT2D eigenvalue weighted by molar-refractivity contribution is 0.102. The standard InChI is InChI=1S/C20H30N4O4S/c1-7-23(8-2)18-12-11-16(29(26,27)24(9-3)10-4)13-17(18)21-20(25)19-14(5)22-28-15(19)6/h11-13H,7-10H2,1-6H3,(H,21,25). The molecule has 29 heavy (non-hydrogen) atoms. The molecular weight excluding hydrogens is 392 g/mol. The maximum atomic E-state index is 13.0. The smallest absolute Gasteiger partial charge is 0.261 e. The Bertz CT molecular complexity index is 941. The Morgan fingerprint density at radius 2 is 1.69 bits per heavy atom. The first-order valence-corrected chi connectivity index (χ1v) is 11.3. The van der Waals surface area contributed by atoms with Gasteiger partial charge >= 0.3 is 0 Å². The summed E-state index contributed by atoms with van der Waals surface area (Å²) in [4.78, 5) is 15.1. The van der Waals surface area contributed by atoms with Crippen LogP contribution in [0, 0.1) is 13.8 Å². The third kappa shape index (κ3) is 4.62. The highest BCUT2D eigenvalue weighted by molar-refractivity contribution is 7.89.